The zero-order valence-electron chi connectivity index (χ0n) is 21.1. The van der Waals surface area contributed by atoms with Crippen LogP contribution < -0.4 is 11.2 Å². The van der Waals surface area contributed by atoms with Crippen molar-refractivity contribution in [3.05, 3.63) is 62.1 Å². The van der Waals surface area contributed by atoms with Crippen LogP contribution >= 0.6 is 0 Å². The van der Waals surface area contributed by atoms with Crippen molar-refractivity contribution in [2.75, 3.05) is 6.54 Å². The summed E-state index contributed by atoms with van der Waals surface area (Å²) in [6.45, 7) is 6.85. The predicted molar refractivity (Wildman–Crippen MR) is 134 cm³/mol. The number of aryl methyl sites for hydroxylation is 2. The molecule has 1 aliphatic heterocycles. The molecule has 0 saturated carbocycles. The lowest BCUT2D eigenvalue weighted by Gasteiger charge is -2.36. The second kappa shape index (κ2) is 10.9. The number of benzene rings is 1. The van der Waals surface area contributed by atoms with Crippen LogP contribution in [0.1, 0.15) is 69.4 Å². The van der Waals surface area contributed by atoms with Crippen LogP contribution in [0.5, 0.6) is 0 Å². The van der Waals surface area contributed by atoms with Crippen LogP contribution in [0.15, 0.2) is 33.9 Å². The van der Waals surface area contributed by atoms with E-state index in [0.29, 0.717) is 36.6 Å². The molecule has 0 fully saturated rings. The standard InChI is InChI=1S/C26H33N5O5/c1-4-6-13-31-24-23(25(34)28-26(31)35)30(12-5-2)21(27-24)16-36-22(33)15-20-19-10-8-7-9-18(19)11-14-29(20)17(3)32/h7-10,20H,4-6,11-16H2,1-3H3,(H,28,34,35). The Kier molecular flexibility index (Phi) is 7.71. The van der Waals surface area contributed by atoms with Crippen molar-refractivity contribution in [1.29, 1.82) is 0 Å². The van der Waals surface area contributed by atoms with E-state index in [1.165, 1.54) is 11.5 Å². The quantitative estimate of drug-likeness (QED) is 0.456. The van der Waals surface area contributed by atoms with Gasteiger partial charge in [-0.2, -0.15) is 0 Å². The molecule has 0 saturated heterocycles. The number of hydrogen-bond acceptors (Lipinski definition) is 6. The second-order valence-corrected chi connectivity index (χ2v) is 9.16. The summed E-state index contributed by atoms with van der Waals surface area (Å²) in [4.78, 5) is 59.0. The highest BCUT2D eigenvalue weighted by molar-refractivity contribution is 5.77. The van der Waals surface area contributed by atoms with Gasteiger partial charge in [0.2, 0.25) is 5.91 Å². The smallest absolute Gasteiger partial charge is 0.330 e. The average Bonchev–Trinajstić information content (AvgIpc) is 3.21. The Morgan fingerprint density at radius 1 is 1.11 bits per heavy atom. The molecule has 4 rings (SSSR count). The van der Waals surface area contributed by atoms with Gasteiger partial charge in [0, 0.05) is 26.6 Å². The largest absolute Gasteiger partial charge is 0.457 e. The molecule has 0 aliphatic carbocycles. The Balaban J connectivity index is 1.60. The van der Waals surface area contributed by atoms with Crippen LogP contribution in [0.4, 0.5) is 0 Å². The molecular weight excluding hydrogens is 462 g/mol. The highest BCUT2D eigenvalue weighted by Crippen LogP contribution is 2.32. The van der Waals surface area contributed by atoms with E-state index in [9.17, 15) is 19.2 Å². The number of nitrogens with one attached hydrogen (secondary N) is 1. The highest BCUT2D eigenvalue weighted by atomic mass is 16.5. The van der Waals surface area contributed by atoms with Gasteiger partial charge >= 0.3 is 11.7 Å². The first kappa shape index (κ1) is 25.4. The van der Waals surface area contributed by atoms with Gasteiger partial charge in [-0.1, -0.05) is 44.5 Å². The Labute approximate surface area is 208 Å². The fourth-order valence-corrected chi connectivity index (χ4v) is 4.93. The van der Waals surface area contributed by atoms with Gasteiger partial charge in [-0.3, -0.25) is 23.9 Å². The summed E-state index contributed by atoms with van der Waals surface area (Å²) < 4.78 is 8.82. The van der Waals surface area contributed by atoms with Crippen molar-refractivity contribution >= 4 is 23.0 Å². The number of rotatable bonds is 9. The number of carbonyl (C=O) groups excluding carboxylic acids is 2. The van der Waals surface area contributed by atoms with Crippen molar-refractivity contribution in [2.24, 2.45) is 0 Å². The molecule has 1 aromatic carbocycles. The number of esters is 1. The van der Waals surface area contributed by atoms with Gasteiger partial charge in [-0.25, -0.2) is 9.78 Å². The number of nitrogens with zero attached hydrogens (tertiary/aromatic N) is 4. The second-order valence-electron chi connectivity index (χ2n) is 9.16. The lowest BCUT2D eigenvalue weighted by atomic mass is 9.90. The number of aromatic nitrogens is 4. The summed E-state index contributed by atoms with van der Waals surface area (Å²) in [6, 6.07) is 7.44. The number of imidazole rings is 1. The number of fused-ring (bicyclic) bond motifs is 2. The van der Waals surface area contributed by atoms with Gasteiger partial charge < -0.3 is 14.2 Å². The fraction of sp³-hybridized carbons (Fsp3) is 0.500. The Hall–Kier alpha value is -3.69. The van der Waals surface area contributed by atoms with Crippen molar-refractivity contribution < 1.29 is 14.3 Å². The van der Waals surface area contributed by atoms with E-state index in [2.05, 4.69) is 9.97 Å². The molecule has 1 amide bonds. The topological polar surface area (TPSA) is 119 Å². The number of carbonyl (C=O) groups is 2. The molecule has 1 unspecified atom stereocenters. The van der Waals surface area contributed by atoms with Gasteiger partial charge in [0.1, 0.15) is 12.4 Å². The summed E-state index contributed by atoms with van der Waals surface area (Å²) >= 11 is 0. The minimum absolute atomic E-state index is 0.0202. The van der Waals surface area contributed by atoms with E-state index in [4.69, 9.17) is 4.74 Å². The SMILES string of the molecule is CCCCn1c(=O)[nH]c(=O)c2c1nc(COC(=O)CC1c3ccccc3CCN1C(C)=O)n2CCC. The normalized spacial score (nSPS) is 15.2. The molecule has 192 valence electrons. The third-order valence-corrected chi connectivity index (χ3v) is 6.69. The first-order chi connectivity index (χ1) is 17.3. The number of aromatic amines is 1. The van der Waals surface area contributed by atoms with Gasteiger partial charge in [0.25, 0.3) is 5.56 Å². The summed E-state index contributed by atoms with van der Waals surface area (Å²) in [5, 5.41) is 0. The van der Waals surface area contributed by atoms with Crippen LogP contribution in [-0.4, -0.2) is 42.4 Å². The molecule has 1 aliphatic rings. The van der Waals surface area contributed by atoms with Gasteiger partial charge in [0.05, 0.1) is 12.5 Å². The molecule has 1 atom stereocenters. The summed E-state index contributed by atoms with van der Waals surface area (Å²) in [7, 11) is 0. The van der Waals surface area contributed by atoms with E-state index >= 15 is 0 Å². The van der Waals surface area contributed by atoms with Crippen LogP contribution in [0.3, 0.4) is 0 Å². The first-order valence-electron chi connectivity index (χ1n) is 12.6. The molecule has 10 heteroatoms. The minimum atomic E-state index is -0.503. The summed E-state index contributed by atoms with van der Waals surface area (Å²) in [5.74, 6) is -0.138. The molecule has 0 radical (unpaired) electrons. The highest BCUT2D eigenvalue weighted by Gasteiger charge is 2.31. The minimum Gasteiger partial charge on any atom is -0.457 e. The lowest BCUT2D eigenvalue weighted by Crippen LogP contribution is -2.39. The van der Waals surface area contributed by atoms with Crippen LogP contribution in [0, 0.1) is 0 Å². The van der Waals surface area contributed by atoms with E-state index in [1.807, 2.05) is 38.1 Å². The lowest BCUT2D eigenvalue weighted by molar-refractivity contribution is -0.148. The van der Waals surface area contributed by atoms with E-state index in [1.54, 1.807) is 9.47 Å². The van der Waals surface area contributed by atoms with E-state index < -0.39 is 23.3 Å². The molecule has 2 aromatic heterocycles. The van der Waals surface area contributed by atoms with E-state index in [0.717, 1.165) is 36.8 Å². The summed E-state index contributed by atoms with van der Waals surface area (Å²) in [6.07, 6.45) is 3.14. The maximum absolute atomic E-state index is 13.0. The van der Waals surface area contributed by atoms with Gasteiger partial charge in [0.15, 0.2) is 11.2 Å². The van der Waals surface area contributed by atoms with Crippen LogP contribution in [-0.2, 0) is 40.4 Å². The zero-order chi connectivity index (χ0) is 25.8. The van der Waals surface area contributed by atoms with Gasteiger partial charge in [-0.05, 0) is 30.4 Å². The number of H-pyrrole nitrogens is 1. The van der Waals surface area contributed by atoms with Crippen molar-refractivity contribution in [3.8, 4) is 0 Å². The average molecular weight is 496 g/mol. The number of amides is 1. The first-order valence-corrected chi connectivity index (χ1v) is 12.6. The van der Waals surface area contributed by atoms with E-state index in [-0.39, 0.29) is 18.9 Å². The van der Waals surface area contributed by atoms with Crippen molar-refractivity contribution in [1.82, 2.24) is 24.0 Å². The Morgan fingerprint density at radius 2 is 1.89 bits per heavy atom. The third-order valence-electron chi connectivity index (χ3n) is 6.69. The summed E-state index contributed by atoms with van der Waals surface area (Å²) in [5.41, 5.74) is 1.70. The van der Waals surface area contributed by atoms with Crippen molar-refractivity contribution in [2.45, 2.75) is 78.6 Å². The molecule has 1 N–H and O–H groups in total. The fourth-order valence-electron chi connectivity index (χ4n) is 4.93. The molecule has 0 spiro atoms. The molecule has 3 heterocycles. The predicted octanol–water partition coefficient (Wildman–Crippen LogP) is 2.68. The number of hydrogen-bond donors (Lipinski definition) is 1. The molecule has 36 heavy (non-hydrogen) atoms. The Morgan fingerprint density at radius 3 is 2.61 bits per heavy atom. The Bertz CT molecular complexity index is 1390. The maximum Gasteiger partial charge on any atom is 0.330 e. The van der Waals surface area contributed by atoms with Crippen LogP contribution in [0.25, 0.3) is 11.2 Å². The molecule has 3 aromatic rings. The third kappa shape index (κ3) is 4.98. The molecular formula is C26H33N5O5. The van der Waals surface area contributed by atoms with Crippen LogP contribution in [0.2, 0.25) is 0 Å². The molecule has 0 bridgehead atoms. The number of ether oxygens (including phenoxy) is 1. The maximum atomic E-state index is 13.0. The van der Waals surface area contributed by atoms with Crippen molar-refractivity contribution in [3.63, 3.8) is 0 Å². The molecule has 10 nitrogen and oxygen atoms in total. The number of unbranched alkanes of at least 4 members (excludes halogenated alkanes) is 1. The zero-order valence-corrected chi connectivity index (χ0v) is 21.1. The monoisotopic (exact) mass is 495 g/mol. The van der Waals surface area contributed by atoms with Gasteiger partial charge in [-0.15, -0.1) is 0 Å².